The molecule has 0 bridgehead atoms. The van der Waals surface area contributed by atoms with Gasteiger partial charge in [0, 0.05) is 45.8 Å². The summed E-state index contributed by atoms with van der Waals surface area (Å²) in [5.41, 5.74) is 10.6. The largest absolute Gasteiger partial charge is 0.507 e. The van der Waals surface area contributed by atoms with Gasteiger partial charge in [0.15, 0.2) is 6.79 Å². The topological polar surface area (TPSA) is 238 Å². The number of phenols is 1. The van der Waals surface area contributed by atoms with E-state index in [0.29, 0.717) is 44.5 Å². The van der Waals surface area contributed by atoms with E-state index in [9.17, 15) is 47.8 Å². The van der Waals surface area contributed by atoms with Crippen LogP contribution in [0.15, 0.2) is 72.6 Å². The minimum atomic E-state index is -1.24. The molecule has 0 saturated heterocycles. The van der Waals surface area contributed by atoms with Gasteiger partial charge in [-0.2, -0.15) is 0 Å². The van der Waals surface area contributed by atoms with Gasteiger partial charge in [-0.1, -0.05) is 129 Å². The Morgan fingerprint density at radius 3 is 1.53 bits per heavy atom. The Balaban J connectivity index is 0.000000419. The average molecular weight is 1110 g/mol. The van der Waals surface area contributed by atoms with Crippen LogP contribution in [-0.2, 0) is 33.4 Å². The van der Waals surface area contributed by atoms with E-state index in [4.69, 9.17) is 30.4 Å². The van der Waals surface area contributed by atoms with Crippen molar-refractivity contribution in [1.82, 2.24) is 9.80 Å². The van der Waals surface area contributed by atoms with Gasteiger partial charge in [0.1, 0.15) is 53.5 Å². The van der Waals surface area contributed by atoms with Crippen LogP contribution >= 0.6 is 0 Å². The minimum absolute atomic E-state index is 0.00834. The molecule has 2 aliphatic heterocycles. The highest BCUT2D eigenvalue weighted by atomic mass is 28.3. The molecule has 0 unspecified atom stereocenters. The van der Waals surface area contributed by atoms with Gasteiger partial charge < -0.3 is 40.6 Å². The molecule has 2 aliphatic rings. The zero-order valence-electron chi connectivity index (χ0n) is 47.2. The molecule has 4 amide bonds. The number of rotatable bonds is 36. The zero-order chi connectivity index (χ0) is 57.6. The van der Waals surface area contributed by atoms with Crippen molar-refractivity contribution in [3.8, 4) is 11.5 Å². The average Bonchev–Trinajstić information content (AvgIpc) is 4.04. The molecule has 2 aromatic carbocycles. The number of para-hydroxylation sites is 2. The Morgan fingerprint density at radius 1 is 0.628 bits per heavy atom. The molecule has 0 saturated carbocycles. The number of carbonyl (C=O) groups is 6. The molecule has 16 nitrogen and oxygen atoms in total. The van der Waals surface area contributed by atoms with Crippen LogP contribution < -0.4 is 16.2 Å². The molecular weight excluding hydrogens is 1020 g/mol. The summed E-state index contributed by atoms with van der Waals surface area (Å²) < 4.78 is 51.8. The quantitative estimate of drug-likeness (QED) is 0.0216. The van der Waals surface area contributed by atoms with E-state index in [-0.39, 0.29) is 67.0 Å². The van der Waals surface area contributed by atoms with Crippen LogP contribution in [0.2, 0.25) is 25.7 Å². The van der Waals surface area contributed by atoms with E-state index in [2.05, 4.69) is 33.5 Å². The standard InChI is InChI=1S/C33H53FN2O6Si.C26H37FN2O6/c1-6-7-8-11-16-27(17-12-9-10-15-25(2)31(35)37)42-33(39)29-22-26(34)23-36(29)32(38)28-18-13-14-19-30(28)41-24-40-20-21-43(3,4)5;1-2-3-4-6-11-19(12-7-5-8-15-23(31)24(28)32)35-26(34)21-16-18(27)17-29(21)25(33)20-13-9-10-14-22(20)30/h13-14,18-19,23,25,27,29H,6-12,15-17,20-22,24H2,1-5H3,(H2,35,37);9-10,13-14,17,19,21,23,30-31H,2-8,11-12,15-16H2,1H3,(H2,28,32)/t25-,27-,29+;19-,21+,23-/m11/s1. The molecule has 6 atom stereocenters. The highest BCUT2D eigenvalue weighted by Crippen LogP contribution is 2.32. The maximum atomic E-state index is 14.6. The number of amides is 4. The number of hydrogen-bond donors (Lipinski definition) is 4. The van der Waals surface area contributed by atoms with Gasteiger partial charge in [-0.05, 0) is 94.5 Å². The number of unbranched alkanes of at least 4 members (excludes halogenated alkanes) is 10. The lowest BCUT2D eigenvalue weighted by Gasteiger charge is -2.26. The van der Waals surface area contributed by atoms with Crippen LogP contribution in [0.25, 0.3) is 0 Å². The number of esters is 2. The minimum Gasteiger partial charge on any atom is -0.507 e. The lowest BCUT2D eigenvalue weighted by molar-refractivity contribution is -0.155. The third kappa shape index (κ3) is 24.6. The molecule has 19 heteroatoms. The molecule has 0 spiro atoms. The highest BCUT2D eigenvalue weighted by Gasteiger charge is 2.40. The number of hydrogen-bond acceptors (Lipinski definition) is 12. The second-order valence-electron chi connectivity index (χ2n) is 21.8. The van der Waals surface area contributed by atoms with E-state index in [1.807, 2.05) is 6.92 Å². The van der Waals surface area contributed by atoms with Crippen molar-refractivity contribution in [2.75, 3.05) is 13.4 Å². The van der Waals surface area contributed by atoms with Gasteiger partial charge >= 0.3 is 11.9 Å². The monoisotopic (exact) mass is 1110 g/mol. The van der Waals surface area contributed by atoms with Crippen molar-refractivity contribution in [2.45, 2.75) is 218 Å². The summed E-state index contributed by atoms with van der Waals surface area (Å²) in [6, 6.07) is 11.4. The van der Waals surface area contributed by atoms with Crippen LogP contribution in [0.1, 0.15) is 183 Å². The van der Waals surface area contributed by atoms with Gasteiger partial charge in [0.05, 0.1) is 11.1 Å². The second-order valence-corrected chi connectivity index (χ2v) is 27.4. The number of aliphatic hydroxyl groups is 1. The highest BCUT2D eigenvalue weighted by molar-refractivity contribution is 6.76. The van der Waals surface area contributed by atoms with Crippen LogP contribution in [0.3, 0.4) is 0 Å². The maximum absolute atomic E-state index is 14.6. The van der Waals surface area contributed by atoms with Crippen LogP contribution in [-0.4, -0.2) is 107 Å². The molecule has 436 valence electrons. The maximum Gasteiger partial charge on any atom is 0.329 e. The SMILES string of the molecule is CCCCCC[C@H](CCCCC[C@@H](C)C(N)=O)OC(=O)[C@@H]1CC(F)=CN1C(=O)c1ccccc1OCOCC[Si](C)(C)C.CCCCCC[C@H](CCCCC[C@@H](O)C(N)=O)OC(=O)[C@@H]1CC(F)=CN1C(=O)c1ccccc1O. The number of aromatic hydroxyl groups is 1. The fourth-order valence-corrected chi connectivity index (χ4v) is 9.73. The van der Waals surface area contributed by atoms with Crippen molar-refractivity contribution in [3.05, 3.63) is 83.7 Å². The molecule has 2 heterocycles. The molecule has 78 heavy (non-hydrogen) atoms. The first-order valence-corrected chi connectivity index (χ1v) is 32.0. The van der Waals surface area contributed by atoms with E-state index < -0.39 is 67.6 Å². The molecule has 0 fully saturated rings. The number of primary amides is 2. The van der Waals surface area contributed by atoms with Crippen molar-refractivity contribution in [2.24, 2.45) is 17.4 Å². The molecule has 2 aromatic rings. The van der Waals surface area contributed by atoms with Gasteiger partial charge in [-0.15, -0.1) is 0 Å². The van der Waals surface area contributed by atoms with Crippen LogP contribution in [0.5, 0.6) is 11.5 Å². The third-order valence-corrected chi connectivity index (χ3v) is 15.6. The number of nitrogens with two attached hydrogens (primary N) is 2. The Kier molecular flexibility index (Phi) is 30.5. The summed E-state index contributed by atoms with van der Waals surface area (Å²) in [5, 5.41) is 19.5. The molecule has 4 rings (SSSR count). The Morgan fingerprint density at radius 2 is 1.06 bits per heavy atom. The van der Waals surface area contributed by atoms with Gasteiger partial charge in [0.25, 0.3) is 11.8 Å². The predicted molar refractivity (Wildman–Crippen MR) is 299 cm³/mol. The summed E-state index contributed by atoms with van der Waals surface area (Å²) in [6.07, 6.45) is 16.2. The first kappa shape index (κ1) is 66.6. The van der Waals surface area contributed by atoms with E-state index >= 15 is 0 Å². The van der Waals surface area contributed by atoms with Crippen molar-refractivity contribution in [1.29, 1.82) is 0 Å². The fraction of sp³-hybridized carbons (Fsp3) is 0.627. The van der Waals surface area contributed by atoms with Crippen LogP contribution in [0, 0.1) is 5.92 Å². The van der Waals surface area contributed by atoms with Gasteiger partial charge in [0.2, 0.25) is 11.8 Å². The molecular formula is C59H90F2N4O12Si. The summed E-state index contributed by atoms with van der Waals surface area (Å²) in [5.74, 6) is -4.78. The van der Waals surface area contributed by atoms with Crippen LogP contribution in [0.4, 0.5) is 8.78 Å². The molecule has 6 N–H and O–H groups in total. The van der Waals surface area contributed by atoms with Gasteiger partial charge in [-0.25, -0.2) is 18.4 Å². The number of phenolic OH excluding ortho intramolecular Hbond substituents is 1. The number of ether oxygens (including phenoxy) is 4. The van der Waals surface area contributed by atoms with Crippen molar-refractivity contribution >= 4 is 43.6 Å². The van der Waals surface area contributed by atoms with Crippen molar-refractivity contribution < 1.29 is 66.7 Å². The molecule has 0 aromatic heterocycles. The number of carbonyl (C=O) groups excluding carboxylic acids is 6. The number of halogens is 2. The van der Waals surface area contributed by atoms with Crippen molar-refractivity contribution in [3.63, 3.8) is 0 Å². The summed E-state index contributed by atoms with van der Waals surface area (Å²) in [4.78, 5) is 77.2. The lowest BCUT2D eigenvalue weighted by Crippen LogP contribution is -2.41. The van der Waals surface area contributed by atoms with E-state index in [1.54, 1.807) is 36.4 Å². The normalized spacial score (nSPS) is 16.7. The van der Waals surface area contributed by atoms with Gasteiger partial charge in [-0.3, -0.25) is 29.0 Å². The van der Waals surface area contributed by atoms with E-state index in [0.717, 1.165) is 118 Å². The lowest BCUT2D eigenvalue weighted by atomic mass is 9.99. The Hall–Kier alpha value is -5.66. The Labute approximate surface area is 462 Å². The fourth-order valence-electron chi connectivity index (χ4n) is 8.97. The first-order valence-electron chi connectivity index (χ1n) is 28.3. The first-order chi connectivity index (χ1) is 37.2. The third-order valence-electron chi connectivity index (χ3n) is 13.9. The summed E-state index contributed by atoms with van der Waals surface area (Å²) in [6.45, 7) is 13.4. The number of benzene rings is 2. The van der Waals surface area contributed by atoms with E-state index in [1.165, 1.54) is 12.1 Å². The second kappa shape index (κ2) is 35.8. The number of aliphatic hydroxyl groups excluding tert-OH is 1. The zero-order valence-corrected chi connectivity index (χ0v) is 48.2. The smallest absolute Gasteiger partial charge is 0.329 e. The molecule has 0 radical (unpaired) electrons. The summed E-state index contributed by atoms with van der Waals surface area (Å²) >= 11 is 0. The summed E-state index contributed by atoms with van der Waals surface area (Å²) in [7, 11) is -1.24. The Bertz CT molecular complexity index is 2260. The number of nitrogens with zero attached hydrogens (tertiary/aromatic N) is 2. The predicted octanol–water partition coefficient (Wildman–Crippen LogP) is 11.5. The molecule has 0 aliphatic carbocycles.